The van der Waals surface area contributed by atoms with E-state index in [0.29, 0.717) is 5.15 Å². The van der Waals surface area contributed by atoms with Crippen molar-refractivity contribution in [3.63, 3.8) is 0 Å². The Bertz CT molecular complexity index is 147. The molecular weight excluding hydrogens is 244 g/mol. The fourth-order valence-corrected chi connectivity index (χ4v) is 1.52. The number of hydrogen-bond donors (Lipinski definition) is 0. The molecule has 1 nitrogen and oxygen atoms in total. The van der Waals surface area contributed by atoms with Gasteiger partial charge in [-0.2, -0.15) is 4.37 Å². The fraction of sp³-hybridized carbons (Fsp3) is 0. The second-order valence-corrected chi connectivity index (χ2v) is 3.10. The van der Waals surface area contributed by atoms with E-state index in [4.69, 9.17) is 11.6 Å². The van der Waals surface area contributed by atoms with Crippen LogP contribution in [-0.4, -0.2) is 4.37 Å². The second kappa shape index (κ2) is 2.28. The molecule has 7 heavy (non-hydrogen) atoms. The van der Waals surface area contributed by atoms with Gasteiger partial charge in [-0.3, -0.25) is 0 Å². The zero-order valence-electron chi connectivity index (χ0n) is 3.19. The summed E-state index contributed by atoms with van der Waals surface area (Å²) in [4.78, 5) is 0. The number of halogens is 2. The summed E-state index contributed by atoms with van der Waals surface area (Å²) in [6, 6.07) is 0. The number of hydrogen-bond acceptors (Lipinski definition) is 2. The lowest BCUT2D eigenvalue weighted by Gasteiger charge is -1.72. The van der Waals surface area contributed by atoms with E-state index in [0.717, 1.165) is 3.57 Å². The molecule has 1 rings (SSSR count). The first-order chi connectivity index (χ1) is 3.30. The molecular formula is C3HClINS. The molecule has 0 bridgehead atoms. The SMILES string of the molecule is Clc1nscc1I. The number of nitrogens with zero attached hydrogens (tertiary/aromatic N) is 1. The quantitative estimate of drug-likeness (QED) is 0.640. The molecule has 1 aromatic heterocycles. The molecule has 0 spiro atoms. The van der Waals surface area contributed by atoms with E-state index in [1.165, 1.54) is 11.5 Å². The highest BCUT2D eigenvalue weighted by Crippen LogP contribution is 2.17. The lowest BCUT2D eigenvalue weighted by molar-refractivity contribution is 1.55. The summed E-state index contributed by atoms with van der Waals surface area (Å²) < 4.78 is 4.85. The topological polar surface area (TPSA) is 12.9 Å². The van der Waals surface area contributed by atoms with Crippen LogP contribution in [0.5, 0.6) is 0 Å². The van der Waals surface area contributed by atoms with Crippen molar-refractivity contribution in [3.05, 3.63) is 14.1 Å². The minimum absolute atomic E-state index is 0.616. The lowest BCUT2D eigenvalue weighted by Crippen LogP contribution is -1.58. The standard InChI is InChI=1S/C3HClINS/c4-3-2(5)1-7-6-3/h1H. The maximum absolute atomic E-state index is 5.52. The molecule has 0 aromatic carbocycles. The Labute approximate surface area is 64.0 Å². The normalized spacial score (nSPS) is 9.43. The van der Waals surface area contributed by atoms with E-state index in [2.05, 4.69) is 27.0 Å². The lowest BCUT2D eigenvalue weighted by atomic mass is 10.8. The zero-order valence-corrected chi connectivity index (χ0v) is 6.92. The maximum atomic E-state index is 5.52. The third kappa shape index (κ3) is 1.27. The fourth-order valence-electron chi connectivity index (χ4n) is 0.211. The summed E-state index contributed by atoms with van der Waals surface area (Å²) in [5, 5.41) is 2.52. The molecule has 0 radical (unpaired) electrons. The molecule has 38 valence electrons. The maximum Gasteiger partial charge on any atom is 0.156 e. The summed E-state index contributed by atoms with van der Waals surface area (Å²) in [5.74, 6) is 0. The highest BCUT2D eigenvalue weighted by atomic mass is 127. The van der Waals surface area contributed by atoms with Crippen molar-refractivity contribution in [2.24, 2.45) is 0 Å². The van der Waals surface area contributed by atoms with Crippen LogP contribution >= 0.6 is 45.7 Å². The number of aromatic nitrogens is 1. The van der Waals surface area contributed by atoms with Crippen molar-refractivity contribution in [2.45, 2.75) is 0 Å². The van der Waals surface area contributed by atoms with E-state index in [-0.39, 0.29) is 0 Å². The Balaban J connectivity index is 3.12. The Morgan fingerprint density at radius 2 is 2.57 bits per heavy atom. The molecule has 1 aromatic rings. The molecule has 0 aliphatic heterocycles. The molecule has 0 atom stereocenters. The monoisotopic (exact) mass is 245 g/mol. The molecule has 0 amide bonds. The van der Waals surface area contributed by atoms with E-state index in [9.17, 15) is 0 Å². The molecule has 1 heterocycles. The molecule has 0 aliphatic rings. The third-order valence-electron chi connectivity index (χ3n) is 0.486. The first-order valence-corrected chi connectivity index (χ1v) is 3.85. The van der Waals surface area contributed by atoms with Gasteiger partial charge in [0.25, 0.3) is 0 Å². The Hall–Kier alpha value is 0.650. The van der Waals surface area contributed by atoms with Gasteiger partial charge >= 0.3 is 0 Å². The predicted molar refractivity (Wildman–Crippen MR) is 39.8 cm³/mol. The van der Waals surface area contributed by atoms with Crippen molar-refractivity contribution in [3.8, 4) is 0 Å². The van der Waals surface area contributed by atoms with Crippen LogP contribution in [0.1, 0.15) is 0 Å². The van der Waals surface area contributed by atoms with Crippen LogP contribution < -0.4 is 0 Å². The highest BCUT2D eigenvalue weighted by Gasteiger charge is 1.94. The summed E-state index contributed by atoms with van der Waals surface area (Å²) in [6.07, 6.45) is 0. The van der Waals surface area contributed by atoms with Crippen molar-refractivity contribution in [1.29, 1.82) is 0 Å². The van der Waals surface area contributed by atoms with Crippen LogP contribution in [0.3, 0.4) is 0 Å². The van der Waals surface area contributed by atoms with Gasteiger partial charge in [0.1, 0.15) is 0 Å². The molecule has 0 saturated heterocycles. The van der Waals surface area contributed by atoms with Gasteiger partial charge in [0.15, 0.2) is 5.15 Å². The minimum Gasteiger partial charge on any atom is -0.180 e. The van der Waals surface area contributed by atoms with Crippen molar-refractivity contribution >= 4 is 45.7 Å². The van der Waals surface area contributed by atoms with Gasteiger partial charge < -0.3 is 0 Å². The average molecular weight is 245 g/mol. The van der Waals surface area contributed by atoms with E-state index < -0.39 is 0 Å². The summed E-state index contributed by atoms with van der Waals surface area (Å²) in [7, 11) is 0. The zero-order chi connectivity index (χ0) is 5.28. The molecule has 4 heteroatoms. The summed E-state index contributed by atoms with van der Waals surface area (Å²) >= 11 is 9.03. The van der Waals surface area contributed by atoms with Crippen LogP contribution in [0.15, 0.2) is 5.38 Å². The number of rotatable bonds is 0. The summed E-state index contributed by atoms with van der Waals surface area (Å²) in [6.45, 7) is 0. The van der Waals surface area contributed by atoms with Crippen molar-refractivity contribution < 1.29 is 0 Å². The first-order valence-electron chi connectivity index (χ1n) is 1.56. The molecule has 0 unspecified atom stereocenters. The Morgan fingerprint density at radius 1 is 1.86 bits per heavy atom. The second-order valence-electron chi connectivity index (χ2n) is 0.953. The van der Waals surface area contributed by atoms with Gasteiger partial charge in [-0.05, 0) is 34.1 Å². The van der Waals surface area contributed by atoms with Gasteiger partial charge in [-0.25, -0.2) is 0 Å². The Morgan fingerprint density at radius 3 is 2.71 bits per heavy atom. The largest absolute Gasteiger partial charge is 0.180 e. The minimum atomic E-state index is 0.616. The van der Waals surface area contributed by atoms with E-state index in [1.54, 1.807) is 0 Å². The van der Waals surface area contributed by atoms with Crippen LogP contribution in [-0.2, 0) is 0 Å². The first kappa shape index (κ1) is 5.78. The van der Waals surface area contributed by atoms with Gasteiger partial charge in [0.2, 0.25) is 0 Å². The van der Waals surface area contributed by atoms with Gasteiger partial charge in [-0.15, -0.1) is 0 Å². The molecule has 0 fully saturated rings. The third-order valence-corrected chi connectivity index (χ3v) is 3.07. The Kier molecular flexibility index (Phi) is 1.88. The van der Waals surface area contributed by atoms with Gasteiger partial charge in [0.05, 0.1) is 3.57 Å². The highest BCUT2D eigenvalue weighted by molar-refractivity contribution is 14.1. The van der Waals surface area contributed by atoms with Crippen LogP contribution in [0.25, 0.3) is 0 Å². The summed E-state index contributed by atoms with van der Waals surface area (Å²) in [5.41, 5.74) is 0. The molecule has 0 saturated carbocycles. The average Bonchev–Trinajstić information content (AvgIpc) is 1.91. The van der Waals surface area contributed by atoms with Crippen molar-refractivity contribution in [2.75, 3.05) is 0 Å². The van der Waals surface area contributed by atoms with Gasteiger partial charge in [0, 0.05) is 5.38 Å². The molecule has 0 aliphatic carbocycles. The van der Waals surface area contributed by atoms with Crippen LogP contribution in [0, 0.1) is 3.57 Å². The van der Waals surface area contributed by atoms with E-state index >= 15 is 0 Å². The van der Waals surface area contributed by atoms with Crippen molar-refractivity contribution in [1.82, 2.24) is 4.37 Å². The van der Waals surface area contributed by atoms with Crippen LogP contribution in [0.2, 0.25) is 5.15 Å². The molecule has 0 N–H and O–H groups in total. The predicted octanol–water partition coefficient (Wildman–Crippen LogP) is 2.40. The van der Waals surface area contributed by atoms with Crippen LogP contribution in [0.4, 0.5) is 0 Å². The van der Waals surface area contributed by atoms with E-state index in [1.807, 2.05) is 5.38 Å². The van der Waals surface area contributed by atoms with Gasteiger partial charge in [-0.1, -0.05) is 11.6 Å². The smallest absolute Gasteiger partial charge is 0.156 e.